The number of benzene rings is 1. The summed E-state index contributed by atoms with van der Waals surface area (Å²) in [4.78, 5) is 12.2. The van der Waals surface area contributed by atoms with E-state index in [4.69, 9.17) is 5.73 Å². The fourth-order valence-electron chi connectivity index (χ4n) is 3.63. The predicted molar refractivity (Wildman–Crippen MR) is 70.5 cm³/mol. The molecule has 1 amide bonds. The number of fused-ring (bicyclic) bond motifs is 2. The number of nitrogens with one attached hydrogen (secondary N) is 1. The van der Waals surface area contributed by atoms with Crippen molar-refractivity contribution in [2.24, 2.45) is 23.5 Å². The predicted octanol–water partition coefficient (Wildman–Crippen LogP) is 1.82. The first-order valence-corrected chi connectivity index (χ1v) is 6.93. The van der Waals surface area contributed by atoms with Gasteiger partial charge >= 0.3 is 0 Å². The van der Waals surface area contributed by atoms with Crippen LogP contribution >= 0.6 is 0 Å². The van der Waals surface area contributed by atoms with Gasteiger partial charge in [0.05, 0.1) is 5.92 Å². The van der Waals surface area contributed by atoms with E-state index in [0.717, 1.165) is 18.4 Å². The maximum absolute atomic E-state index is 12.8. The van der Waals surface area contributed by atoms with Gasteiger partial charge in [0.2, 0.25) is 5.91 Å². The quantitative estimate of drug-likeness (QED) is 0.873. The molecule has 0 aliphatic heterocycles. The highest BCUT2D eigenvalue weighted by Crippen LogP contribution is 2.47. The molecule has 4 atom stereocenters. The molecule has 102 valence electrons. The summed E-state index contributed by atoms with van der Waals surface area (Å²) in [5.41, 5.74) is 7.05. The highest BCUT2D eigenvalue weighted by atomic mass is 19.1. The molecular formula is C15H19FN2O. The molecule has 4 heteroatoms. The molecule has 3 N–H and O–H groups in total. The summed E-state index contributed by atoms with van der Waals surface area (Å²) in [5.74, 6) is 0.771. The van der Waals surface area contributed by atoms with Crippen LogP contribution in [0.15, 0.2) is 24.3 Å². The first kappa shape index (κ1) is 12.6. The number of nitrogens with two attached hydrogens (primary N) is 1. The van der Waals surface area contributed by atoms with E-state index >= 15 is 0 Å². The van der Waals surface area contributed by atoms with E-state index in [1.165, 1.54) is 18.6 Å². The highest BCUT2D eigenvalue weighted by Gasteiger charge is 2.48. The summed E-state index contributed by atoms with van der Waals surface area (Å²) in [6, 6.07) is 6.22. The lowest BCUT2D eigenvalue weighted by molar-refractivity contribution is -0.127. The summed E-state index contributed by atoms with van der Waals surface area (Å²) >= 11 is 0. The second kappa shape index (κ2) is 4.93. The maximum Gasteiger partial charge on any atom is 0.225 e. The van der Waals surface area contributed by atoms with Crippen LogP contribution in [0.1, 0.15) is 24.8 Å². The summed E-state index contributed by atoms with van der Waals surface area (Å²) in [7, 11) is 0. The van der Waals surface area contributed by atoms with Gasteiger partial charge in [-0.2, -0.15) is 0 Å². The van der Waals surface area contributed by atoms with Crippen LogP contribution in [0.4, 0.5) is 4.39 Å². The van der Waals surface area contributed by atoms with Crippen molar-refractivity contribution in [2.75, 3.05) is 0 Å². The van der Waals surface area contributed by atoms with Crippen molar-refractivity contribution >= 4 is 5.91 Å². The van der Waals surface area contributed by atoms with Crippen molar-refractivity contribution in [2.45, 2.75) is 31.8 Å². The van der Waals surface area contributed by atoms with Gasteiger partial charge in [-0.1, -0.05) is 12.1 Å². The first-order chi connectivity index (χ1) is 9.15. The smallest absolute Gasteiger partial charge is 0.225 e. The van der Waals surface area contributed by atoms with Gasteiger partial charge in [0.25, 0.3) is 0 Å². The summed E-state index contributed by atoms with van der Waals surface area (Å²) in [5, 5.41) is 2.93. The number of rotatable bonds is 3. The third-order valence-corrected chi connectivity index (χ3v) is 4.66. The zero-order valence-electron chi connectivity index (χ0n) is 10.8. The Morgan fingerprint density at radius 3 is 2.58 bits per heavy atom. The Balaban J connectivity index is 1.58. The zero-order valence-corrected chi connectivity index (χ0v) is 10.8. The molecule has 2 aliphatic carbocycles. The molecule has 19 heavy (non-hydrogen) atoms. The van der Waals surface area contributed by atoms with Crippen LogP contribution in [0.3, 0.4) is 0 Å². The Kier molecular flexibility index (Phi) is 3.27. The third-order valence-electron chi connectivity index (χ3n) is 4.66. The van der Waals surface area contributed by atoms with Gasteiger partial charge in [0, 0.05) is 12.6 Å². The largest absolute Gasteiger partial charge is 0.352 e. The van der Waals surface area contributed by atoms with E-state index in [1.54, 1.807) is 12.1 Å². The van der Waals surface area contributed by atoms with E-state index < -0.39 is 0 Å². The first-order valence-electron chi connectivity index (χ1n) is 6.93. The van der Waals surface area contributed by atoms with Gasteiger partial charge in [0.1, 0.15) is 5.82 Å². The van der Waals surface area contributed by atoms with Crippen molar-refractivity contribution in [3.8, 4) is 0 Å². The van der Waals surface area contributed by atoms with Crippen molar-refractivity contribution < 1.29 is 9.18 Å². The molecule has 3 nitrogen and oxygen atoms in total. The minimum absolute atomic E-state index is 0.0203. The van der Waals surface area contributed by atoms with Crippen LogP contribution in [-0.4, -0.2) is 11.9 Å². The zero-order chi connectivity index (χ0) is 13.4. The Morgan fingerprint density at radius 2 is 1.95 bits per heavy atom. The van der Waals surface area contributed by atoms with Crippen LogP contribution in [-0.2, 0) is 11.3 Å². The molecule has 0 radical (unpaired) electrons. The Morgan fingerprint density at radius 1 is 1.26 bits per heavy atom. The van der Waals surface area contributed by atoms with Gasteiger partial charge in [-0.15, -0.1) is 0 Å². The van der Waals surface area contributed by atoms with Crippen LogP contribution in [0, 0.1) is 23.6 Å². The molecular weight excluding hydrogens is 243 g/mol. The molecule has 1 aromatic rings. The summed E-state index contributed by atoms with van der Waals surface area (Å²) in [6.07, 6.45) is 3.41. The van der Waals surface area contributed by atoms with Crippen LogP contribution < -0.4 is 11.1 Å². The fourth-order valence-corrected chi connectivity index (χ4v) is 3.63. The molecule has 4 unspecified atom stereocenters. The second-order valence-electron chi connectivity index (χ2n) is 5.78. The lowest BCUT2D eigenvalue weighted by Crippen LogP contribution is -2.45. The molecule has 2 aliphatic rings. The lowest BCUT2D eigenvalue weighted by Gasteiger charge is -2.27. The molecule has 2 fully saturated rings. The molecule has 3 rings (SSSR count). The van der Waals surface area contributed by atoms with Crippen molar-refractivity contribution in [3.63, 3.8) is 0 Å². The van der Waals surface area contributed by atoms with Crippen molar-refractivity contribution in [1.82, 2.24) is 5.32 Å². The molecule has 0 saturated heterocycles. The van der Waals surface area contributed by atoms with Gasteiger partial charge in [0.15, 0.2) is 0 Å². The topological polar surface area (TPSA) is 55.1 Å². The summed E-state index contributed by atoms with van der Waals surface area (Å²) < 4.78 is 12.8. The van der Waals surface area contributed by atoms with Crippen LogP contribution in [0.2, 0.25) is 0 Å². The van der Waals surface area contributed by atoms with E-state index in [9.17, 15) is 9.18 Å². The SMILES string of the molecule is NC1C2CCC(C2)C1C(=O)NCc1ccc(F)cc1. The molecule has 2 saturated carbocycles. The standard InChI is InChI=1S/C15H19FN2O/c16-12-5-1-9(2-6-12)8-18-15(19)13-10-3-4-11(7-10)14(13)17/h1-2,5-6,10-11,13-14H,3-4,7-8,17H2,(H,18,19). The van der Waals surface area contributed by atoms with Gasteiger partial charge in [-0.25, -0.2) is 4.39 Å². The molecule has 1 aromatic carbocycles. The molecule has 0 spiro atoms. The Hall–Kier alpha value is -1.42. The fraction of sp³-hybridized carbons (Fsp3) is 0.533. The van der Waals surface area contributed by atoms with Crippen molar-refractivity contribution in [1.29, 1.82) is 0 Å². The molecule has 0 aromatic heterocycles. The molecule has 0 heterocycles. The number of halogens is 1. The van der Waals surface area contributed by atoms with Crippen molar-refractivity contribution in [3.05, 3.63) is 35.6 Å². The van der Waals surface area contributed by atoms with E-state index in [-0.39, 0.29) is 23.7 Å². The average molecular weight is 262 g/mol. The minimum Gasteiger partial charge on any atom is -0.352 e. The van der Waals surface area contributed by atoms with Gasteiger partial charge in [-0.05, 0) is 48.8 Å². The number of amides is 1. The van der Waals surface area contributed by atoms with E-state index in [1.807, 2.05) is 0 Å². The summed E-state index contributed by atoms with van der Waals surface area (Å²) in [6.45, 7) is 0.444. The van der Waals surface area contributed by atoms with Crippen LogP contribution in [0.25, 0.3) is 0 Å². The number of carbonyl (C=O) groups excluding carboxylic acids is 1. The van der Waals surface area contributed by atoms with E-state index in [0.29, 0.717) is 18.4 Å². The second-order valence-corrected chi connectivity index (χ2v) is 5.78. The van der Waals surface area contributed by atoms with Gasteiger partial charge < -0.3 is 11.1 Å². The van der Waals surface area contributed by atoms with Gasteiger partial charge in [-0.3, -0.25) is 4.79 Å². The highest BCUT2D eigenvalue weighted by molar-refractivity contribution is 5.80. The minimum atomic E-state index is -0.259. The number of hydrogen-bond acceptors (Lipinski definition) is 2. The molecule has 2 bridgehead atoms. The monoisotopic (exact) mass is 262 g/mol. The third kappa shape index (κ3) is 2.37. The van der Waals surface area contributed by atoms with Crippen LogP contribution in [0.5, 0.6) is 0 Å². The number of hydrogen-bond donors (Lipinski definition) is 2. The number of carbonyl (C=O) groups is 1. The average Bonchev–Trinajstić information content (AvgIpc) is 2.98. The lowest BCUT2D eigenvalue weighted by atomic mass is 9.84. The Labute approximate surface area is 112 Å². The Bertz CT molecular complexity index is 472. The normalized spacial score (nSPS) is 32.5. The van der Waals surface area contributed by atoms with E-state index in [2.05, 4.69) is 5.32 Å². The maximum atomic E-state index is 12.8.